The Kier molecular flexibility index (Phi) is 7.86. The number of amides is 1. The number of hydrogen-bond donors (Lipinski definition) is 1. The van der Waals surface area contributed by atoms with Crippen LogP contribution in [0.2, 0.25) is 0 Å². The van der Waals surface area contributed by atoms with Gasteiger partial charge in [-0.25, -0.2) is 4.79 Å². The monoisotopic (exact) mass is 446 g/mol. The molecule has 3 aromatic rings. The molecule has 1 N–H and O–H groups in total. The van der Waals surface area contributed by atoms with Gasteiger partial charge < -0.3 is 23.9 Å². The van der Waals surface area contributed by atoms with Gasteiger partial charge in [0, 0.05) is 6.54 Å². The van der Waals surface area contributed by atoms with E-state index in [1.807, 2.05) is 36.4 Å². The van der Waals surface area contributed by atoms with Crippen molar-refractivity contribution >= 4 is 18.0 Å². The van der Waals surface area contributed by atoms with E-state index >= 15 is 0 Å². The first-order valence-electron chi connectivity index (χ1n) is 9.96. The second-order valence-corrected chi connectivity index (χ2v) is 6.79. The quantitative estimate of drug-likeness (QED) is 0.302. The van der Waals surface area contributed by atoms with Crippen LogP contribution in [0.25, 0.3) is 6.08 Å². The number of carbonyl (C=O) groups excluding carboxylic acids is 2. The van der Waals surface area contributed by atoms with Crippen molar-refractivity contribution in [2.45, 2.75) is 13.2 Å². The van der Waals surface area contributed by atoms with Crippen molar-refractivity contribution in [2.75, 3.05) is 14.2 Å². The summed E-state index contributed by atoms with van der Waals surface area (Å²) in [5, 5.41) is 12.2. The second-order valence-electron chi connectivity index (χ2n) is 6.79. The highest BCUT2D eigenvalue weighted by atomic mass is 16.5. The van der Waals surface area contributed by atoms with E-state index in [1.165, 1.54) is 26.4 Å². The topological polar surface area (TPSA) is 111 Å². The Morgan fingerprint density at radius 2 is 1.85 bits per heavy atom. The Balaban J connectivity index is 1.67. The van der Waals surface area contributed by atoms with Gasteiger partial charge in [-0.3, -0.25) is 4.79 Å². The number of esters is 1. The van der Waals surface area contributed by atoms with Gasteiger partial charge in [-0.15, -0.1) is 0 Å². The highest BCUT2D eigenvalue weighted by Crippen LogP contribution is 2.30. The maximum absolute atomic E-state index is 12.4. The predicted octanol–water partition coefficient (Wildman–Crippen LogP) is 3.88. The van der Waals surface area contributed by atoms with Crippen LogP contribution in [0.1, 0.15) is 27.4 Å². The lowest BCUT2D eigenvalue weighted by molar-refractivity contribution is -0.117. The molecular weight excluding hydrogens is 424 g/mol. The zero-order valence-electron chi connectivity index (χ0n) is 18.2. The van der Waals surface area contributed by atoms with Crippen LogP contribution in [0.15, 0.2) is 70.7 Å². The number of benzene rings is 2. The van der Waals surface area contributed by atoms with Crippen LogP contribution in [0.3, 0.4) is 0 Å². The van der Waals surface area contributed by atoms with Crippen LogP contribution in [-0.4, -0.2) is 26.1 Å². The molecule has 0 aliphatic carbocycles. The van der Waals surface area contributed by atoms with E-state index in [0.29, 0.717) is 29.4 Å². The number of hydrogen-bond acceptors (Lipinski definition) is 7. The Labute approximate surface area is 191 Å². The summed E-state index contributed by atoms with van der Waals surface area (Å²) in [5.41, 5.74) is 1.49. The molecule has 0 unspecified atom stereocenters. The molecule has 168 valence electrons. The summed E-state index contributed by atoms with van der Waals surface area (Å²) in [5.74, 6) is 0.306. The van der Waals surface area contributed by atoms with Crippen LogP contribution in [0, 0.1) is 11.3 Å². The average Bonchev–Trinajstić information content (AvgIpc) is 3.34. The van der Waals surface area contributed by atoms with E-state index in [2.05, 4.69) is 10.1 Å². The highest BCUT2D eigenvalue weighted by molar-refractivity contribution is 6.01. The van der Waals surface area contributed by atoms with Crippen LogP contribution in [0.5, 0.6) is 11.5 Å². The van der Waals surface area contributed by atoms with Gasteiger partial charge in [-0.05, 0) is 41.5 Å². The fourth-order valence-corrected chi connectivity index (χ4v) is 2.90. The lowest BCUT2D eigenvalue weighted by Gasteiger charge is -2.11. The maximum Gasteiger partial charge on any atom is 0.373 e. The molecule has 0 spiro atoms. The summed E-state index contributed by atoms with van der Waals surface area (Å²) in [4.78, 5) is 23.9. The van der Waals surface area contributed by atoms with E-state index in [1.54, 1.807) is 24.3 Å². The molecule has 3 rings (SSSR count). The maximum atomic E-state index is 12.4. The second kappa shape index (κ2) is 11.2. The van der Waals surface area contributed by atoms with Crippen LogP contribution < -0.4 is 14.8 Å². The zero-order chi connectivity index (χ0) is 23.6. The molecule has 0 fully saturated rings. The number of furan rings is 1. The molecular formula is C25H22N2O6. The standard InChI is InChI=1S/C25H22N2O6/c1-30-23-13-18(12-19(14-26)24(28)27-15-17-6-4-3-5-7-17)8-10-21(23)32-16-20-9-11-22(33-20)25(29)31-2/h3-13H,15-16H2,1-2H3,(H,27,28)/b19-12+. The fraction of sp³-hybridized carbons (Fsp3) is 0.160. The Morgan fingerprint density at radius 1 is 1.06 bits per heavy atom. The molecule has 0 bridgehead atoms. The van der Waals surface area contributed by atoms with Gasteiger partial charge in [0.1, 0.15) is 24.0 Å². The third-order valence-electron chi connectivity index (χ3n) is 4.58. The molecule has 33 heavy (non-hydrogen) atoms. The van der Waals surface area contributed by atoms with Gasteiger partial charge in [0.15, 0.2) is 11.5 Å². The van der Waals surface area contributed by atoms with Gasteiger partial charge in [0.05, 0.1) is 14.2 Å². The molecule has 1 heterocycles. The molecule has 1 aromatic heterocycles. The molecule has 0 saturated carbocycles. The molecule has 0 radical (unpaired) electrons. The summed E-state index contributed by atoms with van der Waals surface area (Å²) in [6.45, 7) is 0.382. The number of rotatable bonds is 9. The third-order valence-corrected chi connectivity index (χ3v) is 4.58. The summed E-state index contributed by atoms with van der Waals surface area (Å²) in [6, 6.07) is 19.5. The van der Waals surface area contributed by atoms with E-state index in [4.69, 9.17) is 13.9 Å². The smallest absolute Gasteiger partial charge is 0.373 e. The molecule has 1 amide bonds. The zero-order valence-corrected chi connectivity index (χ0v) is 18.2. The van der Waals surface area contributed by atoms with Crippen molar-refractivity contribution < 1.29 is 28.2 Å². The van der Waals surface area contributed by atoms with Crippen molar-refractivity contribution in [1.82, 2.24) is 5.32 Å². The van der Waals surface area contributed by atoms with Gasteiger partial charge >= 0.3 is 5.97 Å². The summed E-state index contributed by atoms with van der Waals surface area (Å²) >= 11 is 0. The molecule has 0 aliphatic rings. The van der Waals surface area contributed by atoms with Gasteiger partial charge in [0.25, 0.3) is 5.91 Å². The number of carbonyl (C=O) groups is 2. The van der Waals surface area contributed by atoms with Crippen molar-refractivity contribution in [3.8, 4) is 17.6 Å². The lowest BCUT2D eigenvalue weighted by Crippen LogP contribution is -2.23. The van der Waals surface area contributed by atoms with Crippen LogP contribution in [0.4, 0.5) is 0 Å². The van der Waals surface area contributed by atoms with Crippen molar-refractivity contribution in [3.05, 3.63) is 88.9 Å². The van der Waals surface area contributed by atoms with Gasteiger partial charge in [-0.1, -0.05) is 36.4 Å². The number of nitrogens with one attached hydrogen (secondary N) is 1. The lowest BCUT2D eigenvalue weighted by atomic mass is 10.1. The predicted molar refractivity (Wildman–Crippen MR) is 119 cm³/mol. The first-order valence-corrected chi connectivity index (χ1v) is 9.96. The van der Waals surface area contributed by atoms with Gasteiger partial charge in [0.2, 0.25) is 5.76 Å². The minimum atomic E-state index is -0.573. The minimum absolute atomic E-state index is 0.0347. The molecule has 8 nitrogen and oxygen atoms in total. The molecule has 0 saturated heterocycles. The van der Waals surface area contributed by atoms with Crippen LogP contribution in [-0.2, 0) is 22.7 Å². The average molecular weight is 446 g/mol. The van der Waals surface area contributed by atoms with Gasteiger partial charge in [-0.2, -0.15) is 5.26 Å². The number of ether oxygens (including phenoxy) is 3. The molecule has 2 aromatic carbocycles. The van der Waals surface area contributed by atoms with E-state index in [9.17, 15) is 14.9 Å². The molecule has 0 aliphatic heterocycles. The van der Waals surface area contributed by atoms with E-state index in [-0.39, 0.29) is 17.9 Å². The molecule has 8 heteroatoms. The Morgan fingerprint density at radius 3 is 2.55 bits per heavy atom. The minimum Gasteiger partial charge on any atom is -0.493 e. The normalized spacial score (nSPS) is 10.8. The Bertz CT molecular complexity index is 1190. The highest BCUT2D eigenvalue weighted by Gasteiger charge is 2.13. The van der Waals surface area contributed by atoms with Crippen molar-refractivity contribution in [3.63, 3.8) is 0 Å². The number of methoxy groups -OCH3 is 2. The SMILES string of the molecule is COC(=O)c1ccc(COc2ccc(/C=C(\C#N)C(=O)NCc3ccccc3)cc2OC)o1. The van der Waals surface area contributed by atoms with E-state index in [0.717, 1.165) is 5.56 Å². The Hall–Kier alpha value is -4.51. The summed E-state index contributed by atoms with van der Waals surface area (Å²) < 4.78 is 21.1. The largest absolute Gasteiger partial charge is 0.493 e. The summed E-state index contributed by atoms with van der Waals surface area (Å²) in [7, 11) is 2.75. The van der Waals surface area contributed by atoms with Crippen molar-refractivity contribution in [1.29, 1.82) is 5.26 Å². The first-order chi connectivity index (χ1) is 16.0. The number of nitriles is 1. The fourth-order valence-electron chi connectivity index (χ4n) is 2.90. The van der Waals surface area contributed by atoms with E-state index < -0.39 is 11.9 Å². The first kappa shape index (κ1) is 23.2. The third kappa shape index (κ3) is 6.24. The molecule has 0 atom stereocenters. The van der Waals surface area contributed by atoms with Crippen molar-refractivity contribution in [2.24, 2.45) is 0 Å². The van der Waals surface area contributed by atoms with Crippen LogP contribution >= 0.6 is 0 Å². The summed E-state index contributed by atoms with van der Waals surface area (Å²) in [6.07, 6.45) is 1.47. The number of nitrogens with zero attached hydrogens (tertiary/aromatic N) is 1.